The zero-order valence-electron chi connectivity index (χ0n) is 19.2. The summed E-state index contributed by atoms with van der Waals surface area (Å²) in [6.45, 7) is 0. The minimum absolute atomic E-state index is 0.0271. The van der Waals surface area contributed by atoms with Crippen LogP contribution >= 0.6 is 11.6 Å². The maximum atomic E-state index is 13.2. The van der Waals surface area contributed by atoms with Crippen molar-refractivity contribution in [2.24, 2.45) is 5.92 Å². The van der Waals surface area contributed by atoms with Crippen molar-refractivity contribution < 1.29 is 9.53 Å². The Morgan fingerprint density at radius 1 is 0.818 bits per heavy atom. The van der Waals surface area contributed by atoms with Crippen molar-refractivity contribution in [1.29, 1.82) is 0 Å². The van der Waals surface area contributed by atoms with E-state index in [0.29, 0.717) is 22.4 Å². The molecule has 0 aliphatic heterocycles. The molecule has 3 aromatic carbocycles. The summed E-state index contributed by atoms with van der Waals surface area (Å²) < 4.78 is 6.32. The van der Waals surface area contributed by atoms with Crippen LogP contribution in [0.15, 0.2) is 84.9 Å². The van der Waals surface area contributed by atoms with Crippen molar-refractivity contribution in [1.82, 2.24) is 4.90 Å². The standard InChI is InChI=1S/C29H30ClNO2/c1-31(2)29-17-24(20-9-5-3-6-10-20)27(25(18-29)21-11-7-4-8-12-21)26(19-29)33-28(32)22-13-15-23(30)16-14-22/h3-16,24-27H,17-19H2,1-2H3/t24-,25-,26+,27?,29?/m0/s1. The minimum atomic E-state index is -0.267. The highest BCUT2D eigenvalue weighted by Crippen LogP contribution is 2.60. The molecule has 0 amide bonds. The molecule has 0 aromatic heterocycles. The van der Waals surface area contributed by atoms with Gasteiger partial charge in [0.05, 0.1) is 5.56 Å². The largest absolute Gasteiger partial charge is 0.458 e. The van der Waals surface area contributed by atoms with Gasteiger partial charge in [0.2, 0.25) is 0 Å². The molecule has 170 valence electrons. The molecule has 3 aliphatic carbocycles. The van der Waals surface area contributed by atoms with Crippen LogP contribution in [0.1, 0.15) is 52.6 Å². The Hall–Kier alpha value is -2.62. The number of hydrogen-bond donors (Lipinski definition) is 0. The van der Waals surface area contributed by atoms with E-state index in [-0.39, 0.29) is 23.5 Å². The molecule has 0 unspecified atom stereocenters. The summed E-state index contributed by atoms with van der Waals surface area (Å²) in [4.78, 5) is 15.6. The average molecular weight is 460 g/mol. The smallest absolute Gasteiger partial charge is 0.338 e. The van der Waals surface area contributed by atoms with Crippen LogP contribution in [0.25, 0.3) is 0 Å². The third-order valence-corrected chi connectivity index (χ3v) is 8.13. The van der Waals surface area contributed by atoms with Crippen molar-refractivity contribution in [3.8, 4) is 0 Å². The predicted molar refractivity (Wildman–Crippen MR) is 133 cm³/mol. The Bertz CT molecular complexity index is 1050. The van der Waals surface area contributed by atoms with Crippen LogP contribution in [0.4, 0.5) is 0 Å². The first kappa shape index (κ1) is 22.2. The van der Waals surface area contributed by atoms with E-state index in [0.717, 1.165) is 19.3 Å². The molecule has 3 atom stereocenters. The molecule has 0 heterocycles. The maximum absolute atomic E-state index is 13.2. The Labute approximate surface area is 201 Å². The molecule has 3 saturated carbocycles. The van der Waals surface area contributed by atoms with Crippen LogP contribution < -0.4 is 0 Å². The van der Waals surface area contributed by atoms with Crippen LogP contribution in [0.5, 0.6) is 0 Å². The first-order valence-corrected chi connectivity index (χ1v) is 12.1. The molecular formula is C29H30ClNO2. The first-order valence-electron chi connectivity index (χ1n) is 11.7. The summed E-state index contributed by atoms with van der Waals surface area (Å²) in [5.41, 5.74) is 3.19. The van der Waals surface area contributed by atoms with E-state index in [2.05, 4.69) is 79.7 Å². The zero-order valence-corrected chi connectivity index (χ0v) is 19.9. The van der Waals surface area contributed by atoms with E-state index in [9.17, 15) is 4.79 Å². The van der Waals surface area contributed by atoms with Crippen LogP contribution in [-0.2, 0) is 4.74 Å². The molecule has 3 aliphatic rings. The van der Waals surface area contributed by atoms with Gasteiger partial charge in [-0.3, -0.25) is 0 Å². The van der Waals surface area contributed by atoms with Gasteiger partial charge in [-0.15, -0.1) is 0 Å². The molecule has 0 radical (unpaired) electrons. The number of fused-ring (bicyclic) bond motifs is 3. The maximum Gasteiger partial charge on any atom is 0.338 e. The summed E-state index contributed by atoms with van der Waals surface area (Å²) in [5.74, 6) is 0.610. The summed E-state index contributed by atoms with van der Waals surface area (Å²) in [6.07, 6.45) is 2.85. The number of halogens is 1. The number of benzene rings is 3. The van der Waals surface area contributed by atoms with E-state index in [1.165, 1.54) is 11.1 Å². The highest BCUT2D eigenvalue weighted by molar-refractivity contribution is 6.30. The van der Waals surface area contributed by atoms with Crippen molar-refractivity contribution >= 4 is 17.6 Å². The van der Waals surface area contributed by atoms with Gasteiger partial charge < -0.3 is 9.64 Å². The van der Waals surface area contributed by atoms with Gasteiger partial charge in [-0.2, -0.15) is 0 Å². The monoisotopic (exact) mass is 459 g/mol. The van der Waals surface area contributed by atoms with Gasteiger partial charge in [0.15, 0.2) is 0 Å². The molecule has 3 nitrogen and oxygen atoms in total. The van der Waals surface area contributed by atoms with Crippen LogP contribution in [0, 0.1) is 5.92 Å². The second-order valence-electron chi connectivity index (χ2n) is 9.79. The lowest BCUT2D eigenvalue weighted by molar-refractivity contribution is -0.0986. The zero-order chi connectivity index (χ0) is 23.0. The number of esters is 1. The predicted octanol–water partition coefficient (Wildman–Crippen LogP) is 6.55. The fourth-order valence-corrected chi connectivity index (χ4v) is 6.32. The number of nitrogens with zero attached hydrogens (tertiary/aromatic N) is 1. The fourth-order valence-electron chi connectivity index (χ4n) is 6.19. The molecule has 33 heavy (non-hydrogen) atoms. The number of ether oxygens (including phenoxy) is 1. The third-order valence-electron chi connectivity index (χ3n) is 7.88. The molecular weight excluding hydrogens is 430 g/mol. The van der Waals surface area contributed by atoms with Gasteiger partial charge >= 0.3 is 5.97 Å². The van der Waals surface area contributed by atoms with Gasteiger partial charge in [0, 0.05) is 22.9 Å². The lowest BCUT2D eigenvalue weighted by atomic mass is 9.52. The molecule has 3 aromatic rings. The van der Waals surface area contributed by atoms with Crippen molar-refractivity contribution in [2.75, 3.05) is 14.1 Å². The quantitative estimate of drug-likeness (QED) is 0.405. The van der Waals surface area contributed by atoms with E-state index in [4.69, 9.17) is 16.3 Å². The molecule has 0 N–H and O–H groups in total. The van der Waals surface area contributed by atoms with Gasteiger partial charge in [0.1, 0.15) is 6.10 Å². The summed E-state index contributed by atoms with van der Waals surface area (Å²) in [6, 6.07) is 28.5. The van der Waals surface area contributed by atoms with Crippen molar-refractivity contribution in [2.45, 2.75) is 42.7 Å². The van der Waals surface area contributed by atoms with Gasteiger partial charge in [-0.1, -0.05) is 72.3 Å². The van der Waals surface area contributed by atoms with E-state index in [1.54, 1.807) is 24.3 Å². The highest BCUT2D eigenvalue weighted by atomic mass is 35.5. The number of rotatable bonds is 5. The SMILES string of the molecule is CN(C)C12C[C@@H](OC(=O)c3ccc(Cl)cc3)C([C@H](c3ccccc3)C1)[C@H](c1ccccc1)C2. The van der Waals surface area contributed by atoms with Crippen LogP contribution in [-0.4, -0.2) is 36.6 Å². The summed E-state index contributed by atoms with van der Waals surface area (Å²) >= 11 is 6.03. The second-order valence-corrected chi connectivity index (χ2v) is 10.2. The molecule has 4 heteroatoms. The minimum Gasteiger partial charge on any atom is -0.458 e. The topological polar surface area (TPSA) is 29.5 Å². The van der Waals surface area contributed by atoms with Crippen LogP contribution in [0.2, 0.25) is 5.02 Å². The summed E-state index contributed by atoms with van der Waals surface area (Å²) in [5, 5.41) is 0.614. The average Bonchev–Trinajstić information content (AvgIpc) is 2.85. The van der Waals surface area contributed by atoms with Gasteiger partial charge in [-0.25, -0.2) is 4.79 Å². The Morgan fingerprint density at radius 3 is 1.82 bits per heavy atom. The molecule has 0 saturated heterocycles. The first-order chi connectivity index (χ1) is 16.0. The lowest BCUT2D eigenvalue weighted by Gasteiger charge is -2.60. The molecule has 6 rings (SSSR count). The third kappa shape index (κ3) is 4.20. The Kier molecular flexibility index (Phi) is 6.03. The van der Waals surface area contributed by atoms with Crippen molar-refractivity contribution in [3.05, 3.63) is 107 Å². The number of hydrogen-bond acceptors (Lipinski definition) is 3. The lowest BCUT2D eigenvalue weighted by Crippen LogP contribution is -2.61. The van der Waals surface area contributed by atoms with Gasteiger partial charge in [-0.05, 0) is 74.2 Å². The molecule has 0 spiro atoms. The van der Waals surface area contributed by atoms with Crippen molar-refractivity contribution in [3.63, 3.8) is 0 Å². The molecule has 2 bridgehead atoms. The van der Waals surface area contributed by atoms with E-state index in [1.807, 2.05) is 0 Å². The fraction of sp³-hybridized carbons (Fsp3) is 0.345. The Morgan fingerprint density at radius 2 is 1.33 bits per heavy atom. The normalized spacial score (nSPS) is 28.6. The van der Waals surface area contributed by atoms with E-state index < -0.39 is 0 Å². The number of carbonyl (C=O) groups is 1. The van der Waals surface area contributed by atoms with Gasteiger partial charge in [0.25, 0.3) is 0 Å². The number of carbonyl (C=O) groups excluding carboxylic acids is 1. The molecule has 3 fully saturated rings. The van der Waals surface area contributed by atoms with E-state index >= 15 is 0 Å². The van der Waals surface area contributed by atoms with Crippen LogP contribution in [0.3, 0.4) is 0 Å². The second kappa shape index (κ2) is 8.96. The summed E-state index contributed by atoms with van der Waals surface area (Å²) in [7, 11) is 4.35. The Balaban J connectivity index is 1.56. The highest BCUT2D eigenvalue weighted by Gasteiger charge is 2.58.